The van der Waals surface area contributed by atoms with E-state index < -0.39 is 5.97 Å². The highest BCUT2D eigenvalue weighted by Gasteiger charge is 2.15. The first-order valence-electron chi connectivity index (χ1n) is 5.82. The maximum absolute atomic E-state index is 11.8. The summed E-state index contributed by atoms with van der Waals surface area (Å²) in [6.45, 7) is 3.77. The lowest BCUT2D eigenvalue weighted by Gasteiger charge is -2.12. The lowest BCUT2D eigenvalue weighted by molar-refractivity contribution is -0.119. The number of rotatable bonds is 5. The number of carboxylic acid groups (broad SMARTS) is 1. The Kier molecular flexibility index (Phi) is 4.71. The summed E-state index contributed by atoms with van der Waals surface area (Å²) < 4.78 is 0. The Balaban J connectivity index is 2.86. The van der Waals surface area contributed by atoms with Crippen LogP contribution in [-0.4, -0.2) is 22.1 Å². The Bertz CT molecular complexity index is 456. The van der Waals surface area contributed by atoms with Gasteiger partial charge in [0, 0.05) is 5.92 Å². The van der Waals surface area contributed by atoms with Crippen molar-refractivity contribution < 1.29 is 19.8 Å². The van der Waals surface area contributed by atoms with Crippen molar-refractivity contribution in [2.45, 2.75) is 26.7 Å². The monoisotopic (exact) mass is 251 g/mol. The molecule has 0 bridgehead atoms. The van der Waals surface area contributed by atoms with Gasteiger partial charge < -0.3 is 15.5 Å². The molecule has 0 saturated heterocycles. The fourth-order valence-electron chi connectivity index (χ4n) is 1.59. The minimum absolute atomic E-state index is 0.0197. The van der Waals surface area contributed by atoms with Crippen LogP contribution in [0.5, 0.6) is 5.75 Å². The number of nitrogens with one attached hydrogen (secondary N) is 1. The van der Waals surface area contributed by atoms with Crippen LogP contribution in [0.4, 0.5) is 5.69 Å². The molecular formula is C13H17NO4. The Hall–Kier alpha value is -2.04. The van der Waals surface area contributed by atoms with Crippen LogP contribution in [0.2, 0.25) is 0 Å². The van der Waals surface area contributed by atoms with Crippen LogP contribution in [0, 0.1) is 5.92 Å². The van der Waals surface area contributed by atoms with Crippen molar-refractivity contribution in [3.63, 3.8) is 0 Å². The summed E-state index contributed by atoms with van der Waals surface area (Å²) >= 11 is 0. The summed E-state index contributed by atoms with van der Waals surface area (Å²) in [6, 6.07) is 3.78. The van der Waals surface area contributed by atoms with Crippen molar-refractivity contribution >= 4 is 17.6 Å². The Morgan fingerprint density at radius 1 is 1.39 bits per heavy atom. The Labute approximate surface area is 105 Å². The van der Waals surface area contributed by atoms with Crippen molar-refractivity contribution in [2.75, 3.05) is 5.32 Å². The largest absolute Gasteiger partial charge is 0.506 e. The second-order valence-corrected chi connectivity index (χ2v) is 4.22. The summed E-state index contributed by atoms with van der Waals surface area (Å²) in [5.74, 6) is -1.65. The second-order valence-electron chi connectivity index (χ2n) is 4.22. The fraction of sp³-hybridized carbons (Fsp3) is 0.385. The molecule has 5 heteroatoms. The molecule has 0 aliphatic rings. The number of benzene rings is 1. The van der Waals surface area contributed by atoms with Crippen LogP contribution in [0.15, 0.2) is 18.2 Å². The maximum Gasteiger partial charge on any atom is 0.335 e. The van der Waals surface area contributed by atoms with Gasteiger partial charge in [0.05, 0.1) is 11.3 Å². The molecule has 1 unspecified atom stereocenters. The van der Waals surface area contributed by atoms with Gasteiger partial charge in [0.25, 0.3) is 0 Å². The van der Waals surface area contributed by atoms with Gasteiger partial charge in [0.1, 0.15) is 5.75 Å². The number of amides is 1. The number of phenols is 1. The van der Waals surface area contributed by atoms with Crippen LogP contribution in [0.25, 0.3) is 0 Å². The van der Waals surface area contributed by atoms with E-state index in [0.29, 0.717) is 0 Å². The third kappa shape index (κ3) is 3.48. The maximum atomic E-state index is 11.8. The first-order valence-corrected chi connectivity index (χ1v) is 5.82. The van der Waals surface area contributed by atoms with E-state index in [0.717, 1.165) is 12.8 Å². The van der Waals surface area contributed by atoms with Gasteiger partial charge in [0.15, 0.2) is 0 Å². The minimum Gasteiger partial charge on any atom is -0.506 e. The minimum atomic E-state index is -1.10. The summed E-state index contributed by atoms with van der Waals surface area (Å²) in [6.07, 6.45) is 1.63. The highest BCUT2D eigenvalue weighted by Crippen LogP contribution is 2.25. The molecular weight excluding hydrogens is 234 g/mol. The van der Waals surface area contributed by atoms with Crippen LogP contribution in [0.3, 0.4) is 0 Å². The first kappa shape index (κ1) is 14.0. The Morgan fingerprint density at radius 2 is 2.06 bits per heavy atom. The van der Waals surface area contributed by atoms with E-state index in [1.54, 1.807) is 6.92 Å². The second kappa shape index (κ2) is 6.05. The van der Waals surface area contributed by atoms with E-state index in [1.165, 1.54) is 18.2 Å². The van der Waals surface area contributed by atoms with E-state index >= 15 is 0 Å². The molecule has 1 amide bonds. The molecule has 0 aliphatic carbocycles. The van der Waals surface area contributed by atoms with Crippen molar-refractivity contribution in [3.8, 4) is 5.75 Å². The molecule has 1 aromatic carbocycles. The number of carbonyl (C=O) groups is 2. The van der Waals surface area contributed by atoms with E-state index in [-0.39, 0.29) is 28.8 Å². The van der Waals surface area contributed by atoms with E-state index in [4.69, 9.17) is 5.11 Å². The highest BCUT2D eigenvalue weighted by molar-refractivity contribution is 5.96. The van der Waals surface area contributed by atoms with Crippen LogP contribution < -0.4 is 5.32 Å². The van der Waals surface area contributed by atoms with Crippen LogP contribution in [-0.2, 0) is 4.79 Å². The average Bonchev–Trinajstić information content (AvgIpc) is 2.31. The summed E-state index contributed by atoms with van der Waals surface area (Å²) in [4.78, 5) is 22.6. The molecule has 1 atom stereocenters. The van der Waals surface area contributed by atoms with E-state index in [2.05, 4.69) is 5.32 Å². The van der Waals surface area contributed by atoms with Crippen molar-refractivity contribution in [3.05, 3.63) is 23.8 Å². The molecule has 3 N–H and O–H groups in total. The van der Waals surface area contributed by atoms with Gasteiger partial charge in [0.2, 0.25) is 5.91 Å². The molecule has 98 valence electrons. The summed E-state index contributed by atoms with van der Waals surface area (Å²) in [5, 5.41) is 20.9. The molecule has 18 heavy (non-hydrogen) atoms. The number of hydrogen-bond acceptors (Lipinski definition) is 3. The lowest BCUT2D eigenvalue weighted by atomic mass is 10.1. The number of carboxylic acids is 1. The normalized spacial score (nSPS) is 11.9. The highest BCUT2D eigenvalue weighted by atomic mass is 16.4. The molecule has 0 saturated carbocycles. The van der Waals surface area contributed by atoms with E-state index in [9.17, 15) is 14.7 Å². The number of aromatic hydroxyl groups is 1. The van der Waals surface area contributed by atoms with Gasteiger partial charge in [-0.25, -0.2) is 4.79 Å². The SMILES string of the molecule is CCCC(C)C(=O)Nc1cc(C(=O)O)ccc1O. The molecule has 5 nitrogen and oxygen atoms in total. The number of aromatic carboxylic acids is 1. The first-order chi connectivity index (χ1) is 8.45. The quantitative estimate of drug-likeness (QED) is 0.701. The van der Waals surface area contributed by atoms with Crippen molar-refractivity contribution in [2.24, 2.45) is 5.92 Å². The fourth-order valence-corrected chi connectivity index (χ4v) is 1.59. The van der Waals surface area contributed by atoms with Gasteiger partial charge in [-0.3, -0.25) is 4.79 Å². The standard InChI is InChI=1S/C13H17NO4/c1-3-4-8(2)12(16)14-10-7-9(13(17)18)5-6-11(10)15/h5-8,15H,3-4H2,1-2H3,(H,14,16)(H,17,18). The van der Waals surface area contributed by atoms with Crippen LogP contribution in [0.1, 0.15) is 37.0 Å². The predicted molar refractivity (Wildman–Crippen MR) is 67.8 cm³/mol. The summed E-state index contributed by atoms with van der Waals surface area (Å²) in [5.41, 5.74) is 0.147. The van der Waals surface area contributed by atoms with Gasteiger partial charge in [-0.2, -0.15) is 0 Å². The number of phenolic OH excluding ortho intramolecular Hbond substituents is 1. The zero-order chi connectivity index (χ0) is 13.7. The van der Waals surface area contributed by atoms with Crippen molar-refractivity contribution in [1.29, 1.82) is 0 Å². The molecule has 0 aromatic heterocycles. The zero-order valence-electron chi connectivity index (χ0n) is 10.4. The lowest BCUT2D eigenvalue weighted by Crippen LogP contribution is -2.20. The molecule has 1 rings (SSSR count). The van der Waals surface area contributed by atoms with Gasteiger partial charge >= 0.3 is 5.97 Å². The van der Waals surface area contributed by atoms with Gasteiger partial charge in [-0.05, 0) is 24.6 Å². The van der Waals surface area contributed by atoms with Crippen LogP contribution >= 0.6 is 0 Å². The smallest absolute Gasteiger partial charge is 0.335 e. The summed E-state index contributed by atoms with van der Waals surface area (Å²) in [7, 11) is 0. The molecule has 0 spiro atoms. The third-order valence-corrected chi connectivity index (χ3v) is 2.67. The Morgan fingerprint density at radius 3 is 2.61 bits per heavy atom. The molecule has 0 heterocycles. The molecule has 0 fully saturated rings. The third-order valence-electron chi connectivity index (χ3n) is 2.67. The number of carbonyl (C=O) groups excluding carboxylic acids is 1. The molecule has 0 radical (unpaired) electrons. The number of hydrogen-bond donors (Lipinski definition) is 3. The number of anilines is 1. The molecule has 1 aromatic rings. The van der Waals surface area contributed by atoms with Gasteiger partial charge in [-0.1, -0.05) is 20.3 Å². The zero-order valence-corrected chi connectivity index (χ0v) is 10.4. The van der Waals surface area contributed by atoms with Crippen molar-refractivity contribution in [1.82, 2.24) is 0 Å². The molecule has 0 aliphatic heterocycles. The van der Waals surface area contributed by atoms with Gasteiger partial charge in [-0.15, -0.1) is 0 Å². The van der Waals surface area contributed by atoms with E-state index in [1.807, 2.05) is 6.92 Å². The topological polar surface area (TPSA) is 86.6 Å². The predicted octanol–water partition coefficient (Wildman–Crippen LogP) is 2.47. The average molecular weight is 251 g/mol.